The van der Waals surface area contributed by atoms with E-state index < -0.39 is 10.0 Å². The third kappa shape index (κ3) is 2.26. The van der Waals surface area contributed by atoms with Crippen molar-refractivity contribution in [1.82, 2.24) is 4.31 Å². The van der Waals surface area contributed by atoms with E-state index in [1.165, 1.54) is 4.31 Å². The van der Waals surface area contributed by atoms with Gasteiger partial charge in [-0.2, -0.15) is 4.31 Å². The Morgan fingerprint density at radius 1 is 1.31 bits per heavy atom. The van der Waals surface area contributed by atoms with Crippen LogP contribution >= 0.6 is 0 Å². The van der Waals surface area contributed by atoms with E-state index in [0.29, 0.717) is 24.6 Å². The molecule has 2 rings (SSSR count). The molecule has 0 spiro atoms. The highest BCUT2D eigenvalue weighted by atomic mass is 32.2. The minimum atomic E-state index is -3.34. The Morgan fingerprint density at radius 2 is 2.00 bits per heavy atom. The molecule has 0 aliphatic carbocycles. The van der Waals surface area contributed by atoms with Crippen molar-refractivity contribution in [1.29, 1.82) is 0 Å². The van der Waals surface area contributed by atoms with Crippen molar-refractivity contribution in [2.45, 2.75) is 17.9 Å². The molecule has 1 aliphatic rings. The summed E-state index contributed by atoms with van der Waals surface area (Å²) in [4.78, 5) is 0.351. The first-order chi connectivity index (χ1) is 7.60. The van der Waals surface area contributed by atoms with Crippen LogP contribution in [0.4, 0.5) is 0 Å². The van der Waals surface area contributed by atoms with Crippen molar-refractivity contribution < 1.29 is 13.2 Å². The summed E-state index contributed by atoms with van der Waals surface area (Å²) in [5, 5.41) is 0. The third-order valence-corrected chi connectivity index (χ3v) is 4.46. The molecule has 1 aromatic rings. The molecule has 1 saturated heterocycles. The quantitative estimate of drug-likeness (QED) is 0.779. The molecule has 0 N–H and O–H groups in total. The van der Waals surface area contributed by atoms with E-state index in [4.69, 9.17) is 4.74 Å². The predicted octanol–water partition coefficient (Wildman–Crippen LogP) is 1.10. The minimum absolute atomic E-state index is 0.0350. The number of hydrogen-bond donors (Lipinski definition) is 0. The van der Waals surface area contributed by atoms with Crippen LogP contribution in [0, 0.1) is 0 Å². The summed E-state index contributed by atoms with van der Waals surface area (Å²) in [6.07, 6.45) is -0.0350. The number of nitrogens with zero attached hydrogens (tertiary/aromatic N) is 1. The average Bonchev–Trinajstić information content (AvgIpc) is 2.30. The molecule has 88 valence electrons. The van der Waals surface area contributed by atoms with Gasteiger partial charge in [-0.15, -0.1) is 0 Å². The van der Waals surface area contributed by atoms with Crippen molar-refractivity contribution in [3.05, 3.63) is 30.3 Å². The Balaban J connectivity index is 2.26. The Bertz CT molecular complexity index is 444. The number of sulfonamides is 1. The Hall–Kier alpha value is -0.910. The molecule has 1 aromatic carbocycles. The van der Waals surface area contributed by atoms with Crippen molar-refractivity contribution in [2.24, 2.45) is 0 Å². The van der Waals surface area contributed by atoms with Gasteiger partial charge in [0.25, 0.3) is 0 Å². The highest BCUT2D eigenvalue weighted by Crippen LogP contribution is 2.17. The van der Waals surface area contributed by atoms with Gasteiger partial charge in [0.2, 0.25) is 10.0 Å². The molecule has 4 nitrogen and oxygen atoms in total. The van der Waals surface area contributed by atoms with Gasteiger partial charge in [-0.05, 0) is 19.1 Å². The largest absolute Gasteiger partial charge is 0.376 e. The first-order valence-corrected chi connectivity index (χ1v) is 6.71. The summed E-state index contributed by atoms with van der Waals surface area (Å²) < 4.78 is 31.2. The van der Waals surface area contributed by atoms with Crippen LogP contribution in [0.3, 0.4) is 0 Å². The Kier molecular flexibility index (Phi) is 3.28. The van der Waals surface area contributed by atoms with Gasteiger partial charge in [-0.3, -0.25) is 0 Å². The number of ether oxygens (including phenoxy) is 1. The van der Waals surface area contributed by atoms with Crippen molar-refractivity contribution in [3.8, 4) is 0 Å². The second-order valence-electron chi connectivity index (χ2n) is 3.86. The van der Waals surface area contributed by atoms with Gasteiger partial charge < -0.3 is 4.74 Å². The van der Waals surface area contributed by atoms with E-state index in [1.807, 2.05) is 6.92 Å². The maximum Gasteiger partial charge on any atom is 0.243 e. The van der Waals surface area contributed by atoms with E-state index in [-0.39, 0.29) is 6.10 Å². The Morgan fingerprint density at radius 3 is 2.62 bits per heavy atom. The second kappa shape index (κ2) is 4.53. The Labute approximate surface area is 95.9 Å². The van der Waals surface area contributed by atoms with Crippen molar-refractivity contribution >= 4 is 10.0 Å². The predicted molar refractivity (Wildman–Crippen MR) is 60.6 cm³/mol. The molecule has 1 heterocycles. The molecule has 0 aromatic heterocycles. The lowest BCUT2D eigenvalue weighted by atomic mass is 10.3. The fourth-order valence-electron chi connectivity index (χ4n) is 1.75. The summed E-state index contributed by atoms with van der Waals surface area (Å²) >= 11 is 0. The highest BCUT2D eigenvalue weighted by Gasteiger charge is 2.28. The van der Waals surface area contributed by atoms with Crippen LogP contribution < -0.4 is 0 Å². The average molecular weight is 241 g/mol. The monoisotopic (exact) mass is 241 g/mol. The summed E-state index contributed by atoms with van der Waals surface area (Å²) in [6, 6.07) is 8.51. The molecular weight excluding hydrogens is 226 g/mol. The van der Waals surface area contributed by atoms with Crippen LogP contribution in [0.5, 0.6) is 0 Å². The molecule has 1 atom stereocenters. The zero-order chi connectivity index (χ0) is 11.6. The summed E-state index contributed by atoms with van der Waals surface area (Å²) in [5.41, 5.74) is 0. The maximum absolute atomic E-state index is 12.2. The topological polar surface area (TPSA) is 46.6 Å². The first-order valence-electron chi connectivity index (χ1n) is 5.27. The molecule has 0 unspecified atom stereocenters. The van der Waals surface area contributed by atoms with Crippen molar-refractivity contribution in [3.63, 3.8) is 0 Å². The van der Waals surface area contributed by atoms with Crippen LogP contribution in [0.25, 0.3) is 0 Å². The lowest BCUT2D eigenvalue weighted by molar-refractivity contribution is 0.0102. The molecule has 5 heteroatoms. The summed E-state index contributed by atoms with van der Waals surface area (Å²) in [6.45, 7) is 3.21. The van der Waals surface area contributed by atoms with Gasteiger partial charge >= 0.3 is 0 Å². The van der Waals surface area contributed by atoms with Gasteiger partial charge in [-0.25, -0.2) is 8.42 Å². The van der Waals surface area contributed by atoms with Crippen LogP contribution in [-0.2, 0) is 14.8 Å². The molecule has 1 aliphatic heterocycles. The zero-order valence-corrected chi connectivity index (χ0v) is 9.98. The summed E-state index contributed by atoms with van der Waals surface area (Å²) in [5.74, 6) is 0. The standard InChI is InChI=1S/C11H15NO3S/c1-10-9-12(7-8-15-10)16(13,14)11-5-3-2-4-6-11/h2-6,10H,7-9H2,1H3/t10-/m1/s1. The number of rotatable bonds is 2. The maximum atomic E-state index is 12.2. The van der Waals surface area contributed by atoms with Crippen LogP contribution in [-0.4, -0.2) is 38.5 Å². The lowest BCUT2D eigenvalue weighted by Gasteiger charge is -2.30. The van der Waals surface area contributed by atoms with E-state index in [9.17, 15) is 8.42 Å². The molecule has 0 saturated carbocycles. The van der Waals surface area contributed by atoms with Crippen molar-refractivity contribution in [2.75, 3.05) is 19.7 Å². The lowest BCUT2D eigenvalue weighted by Crippen LogP contribution is -2.44. The van der Waals surface area contributed by atoms with E-state index in [2.05, 4.69) is 0 Å². The van der Waals surface area contributed by atoms with E-state index >= 15 is 0 Å². The molecule has 16 heavy (non-hydrogen) atoms. The van der Waals surface area contributed by atoms with Crippen LogP contribution in [0.15, 0.2) is 35.2 Å². The number of hydrogen-bond acceptors (Lipinski definition) is 3. The van der Waals surface area contributed by atoms with Gasteiger partial charge in [0.05, 0.1) is 17.6 Å². The number of benzene rings is 1. The summed E-state index contributed by atoms with van der Waals surface area (Å²) in [7, 11) is -3.34. The molecule has 0 amide bonds. The molecule has 0 radical (unpaired) electrons. The van der Waals surface area contributed by atoms with Gasteiger partial charge in [0.15, 0.2) is 0 Å². The third-order valence-electron chi connectivity index (χ3n) is 2.58. The fourth-order valence-corrected chi connectivity index (χ4v) is 3.27. The van der Waals surface area contributed by atoms with E-state index in [0.717, 1.165) is 0 Å². The van der Waals surface area contributed by atoms with Gasteiger partial charge in [0, 0.05) is 13.1 Å². The highest BCUT2D eigenvalue weighted by molar-refractivity contribution is 7.89. The zero-order valence-electron chi connectivity index (χ0n) is 9.17. The SMILES string of the molecule is C[C@@H]1CN(S(=O)(=O)c2ccccc2)CCO1. The first kappa shape index (κ1) is 11.6. The normalized spacial score (nSPS) is 23.2. The fraction of sp³-hybridized carbons (Fsp3) is 0.455. The van der Waals surface area contributed by atoms with Gasteiger partial charge in [0.1, 0.15) is 0 Å². The second-order valence-corrected chi connectivity index (χ2v) is 5.80. The number of morpholine rings is 1. The smallest absolute Gasteiger partial charge is 0.243 e. The van der Waals surface area contributed by atoms with Crippen LogP contribution in [0.2, 0.25) is 0 Å². The van der Waals surface area contributed by atoms with Gasteiger partial charge in [-0.1, -0.05) is 18.2 Å². The molecule has 1 fully saturated rings. The van der Waals surface area contributed by atoms with Crippen LogP contribution in [0.1, 0.15) is 6.92 Å². The molecule has 0 bridgehead atoms. The van der Waals surface area contributed by atoms with E-state index in [1.54, 1.807) is 30.3 Å². The minimum Gasteiger partial charge on any atom is -0.376 e. The molecular formula is C11H15NO3S.